The van der Waals surface area contributed by atoms with Crippen LogP contribution >= 0.6 is 0 Å². The Hall–Kier alpha value is -0.120. The number of nitrogens with zero attached hydrogens (tertiary/aromatic N) is 1. The van der Waals surface area contributed by atoms with Crippen LogP contribution in [0.5, 0.6) is 0 Å². The summed E-state index contributed by atoms with van der Waals surface area (Å²) < 4.78 is 0. The predicted molar refractivity (Wildman–Crippen MR) is 42.3 cm³/mol. The summed E-state index contributed by atoms with van der Waals surface area (Å²) in [6, 6.07) is 0. The van der Waals surface area contributed by atoms with Gasteiger partial charge in [0.25, 0.3) is 0 Å². The molecular weight excluding hydrogens is 128 g/mol. The Morgan fingerprint density at radius 3 is 2.30 bits per heavy atom. The van der Waals surface area contributed by atoms with Crippen molar-refractivity contribution in [1.29, 1.82) is 0 Å². The van der Waals surface area contributed by atoms with Crippen LogP contribution in [0.3, 0.4) is 0 Å². The van der Waals surface area contributed by atoms with Gasteiger partial charge in [-0.2, -0.15) is 0 Å². The summed E-state index contributed by atoms with van der Waals surface area (Å²) >= 11 is 0. The highest BCUT2D eigenvalue weighted by Gasteiger charge is 2.14. The molecule has 3 nitrogen and oxygen atoms in total. The molecule has 0 heterocycles. The molecular formula is C7H18N2O. The quantitative estimate of drug-likeness (QED) is 0.444. The van der Waals surface area contributed by atoms with Crippen LogP contribution in [-0.4, -0.2) is 28.8 Å². The average Bonchev–Trinajstić information content (AvgIpc) is 1.59. The zero-order chi connectivity index (χ0) is 8.20. The maximum Gasteiger partial charge on any atom is 0.0732 e. The van der Waals surface area contributed by atoms with Crippen LogP contribution in [0.2, 0.25) is 0 Å². The fraction of sp³-hybridized carbons (Fsp3) is 1.00. The first kappa shape index (κ1) is 9.88. The largest absolute Gasteiger partial charge is 0.389 e. The van der Waals surface area contributed by atoms with Crippen molar-refractivity contribution in [2.24, 2.45) is 5.84 Å². The summed E-state index contributed by atoms with van der Waals surface area (Å²) in [5, 5.41) is 10.9. The Morgan fingerprint density at radius 1 is 1.50 bits per heavy atom. The fourth-order valence-electron chi connectivity index (χ4n) is 0.863. The van der Waals surface area contributed by atoms with Gasteiger partial charge in [-0.15, -0.1) is 0 Å². The molecule has 0 fully saturated rings. The first-order valence-electron chi connectivity index (χ1n) is 3.67. The van der Waals surface area contributed by atoms with E-state index in [-0.39, 0.29) is 0 Å². The van der Waals surface area contributed by atoms with Crippen LogP contribution in [0.1, 0.15) is 27.2 Å². The van der Waals surface area contributed by atoms with Crippen LogP contribution in [0.15, 0.2) is 0 Å². The van der Waals surface area contributed by atoms with Crippen molar-refractivity contribution in [3.8, 4) is 0 Å². The minimum Gasteiger partial charge on any atom is -0.389 e. The molecule has 0 aliphatic rings. The van der Waals surface area contributed by atoms with E-state index in [1.807, 2.05) is 0 Å². The van der Waals surface area contributed by atoms with Crippen molar-refractivity contribution < 1.29 is 5.11 Å². The molecule has 0 radical (unpaired) electrons. The van der Waals surface area contributed by atoms with Gasteiger partial charge in [-0.25, -0.2) is 5.01 Å². The molecule has 0 aromatic rings. The van der Waals surface area contributed by atoms with Gasteiger partial charge in [0.05, 0.1) is 5.60 Å². The van der Waals surface area contributed by atoms with E-state index in [0.29, 0.717) is 6.54 Å². The lowest BCUT2D eigenvalue weighted by Gasteiger charge is -2.24. The third kappa shape index (κ3) is 6.01. The number of rotatable bonds is 4. The molecule has 10 heavy (non-hydrogen) atoms. The van der Waals surface area contributed by atoms with Crippen LogP contribution < -0.4 is 5.84 Å². The Kier molecular flexibility index (Phi) is 3.86. The first-order valence-corrected chi connectivity index (χ1v) is 3.67. The molecule has 0 rings (SSSR count). The number of nitrogens with two attached hydrogens (primary N) is 1. The summed E-state index contributed by atoms with van der Waals surface area (Å²) in [5.74, 6) is 5.54. The van der Waals surface area contributed by atoms with Crippen molar-refractivity contribution in [3.63, 3.8) is 0 Å². The van der Waals surface area contributed by atoms with Crippen molar-refractivity contribution in [1.82, 2.24) is 5.01 Å². The Labute approximate surface area is 62.8 Å². The first-order chi connectivity index (χ1) is 4.45. The van der Waals surface area contributed by atoms with Crippen molar-refractivity contribution in [3.05, 3.63) is 0 Å². The minimum absolute atomic E-state index is 0.529. The number of hydrazine groups is 1. The van der Waals surface area contributed by atoms with Crippen LogP contribution in [0.25, 0.3) is 0 Å². The Balaban J connectivity index is 3.47. The van der Waals surface area contributed by atoms with Crippen molar-refractivity contribution in [2.45, 2.75) is 32.8 Å². The second-order valence-corrected chi connectivity index (χ2v) is 3.28. The zero-order valence-corrected chi connectivity index (χ0v) is 7.09. The molecule has 0 unspecified atom stereocenters. The average molecular weight is 146 g/mol. The van der Waals surface area contributed by atoms with Gasteiger partial charge in [-0.3, -0.25) is 5.84 Å². The highest BCUT2D eigenvalue weighted by molar-refractivity contribution is 4.68. The Morgan fingerprint density at radius 2 is 2.00 bits per heavy atom. The van der Waals surface area contributed by atoms with Gasteiger partial charge in [0.2, 0.25) is 0 Å². The second-order valence-electron chi connectivity index (χ2n) is 3.28. The summed E-state index contributed by atoms with van der Waals surface area (Å²) in [6.07, 6.45) is 1.02. The van der Waals surface area contributed by atoms with Gasteiger partial charge >= 0.3 is 0 Å². The van der Waals surface area contributed by atoms with Crippen LogP contribution in [0, 0.1) is 0 Å². The lowest BCUT2D eigenvalue weighted by Crippen LogP contribution is -2.43. The van der Waals surface area contributed by atoms with E-state index in [1.54, 1.807) is 18.9 Å². The third-order valence-corrected chi connectivity index (χ3v) is 1.10. The van der Waals surface area contributed by atoms with Gasteiger partial charge in [0.1, 0.15) is 0 Å². The minimum atomic E-state index is -0.677. The molecule has 0 aromatic heterocycles. The molecule has 3 heteroatoms. The maximum atomic E-state index is 9.29. The number of hydrogen-bond donors (Lipinski definition) is 2. The normalized spacial score (nSPS) is 12.6. The van der Waals surface area contributed by atoms with E-state index in [4.69, 9.17) is 5.84 Å². The lowest BCUT2D eigenvalue weighted by atomic mass is 10.1. The van der Waals surface area contributed by atoms with E-state index in [0.717, 1.165) is 13.0 Å². The lowest BCUT2D eigenvalue weighted by molar-refractivity contribution is 0.0361. The topological polar surface area (TPSA) is 49.5 Å². The van der Waals surface area contributed by atoms with E-state index in [1.165, 1.54) is 0 Å². The van der Waals surface area contributed by atoms with Gasteiger partial charge in [0.15, 0.2) is 0 Å². The number of aliphatic hydroxyl groups is 1. The molecule has 0 aliphatic carbocycles. The van der Waals surface area contributed by atoms with E-state index < -0.39 is 5.60 Å². The maximum absolute atomic E-state index is 9.29. The fourth-order valence-corrected chi connectivity index (χ4v) is 0.863. The molecule has 0 saturated heterocycles. The summed E-state index contributed by atoms with van der Waals surface area (Å²) in [7, 11) is 0. The molecule has 3 N–H and O–H groups in total. The SMILES string of the molecule is CCCN(N)CC(C)(C)O. The standard InChI is InChI=1S/C7H18N2O/c1-4-5-9(8)6-7(2,3)10/h10H,4-6,8H2,1-3H3. The second kappa shape index (κ2) is 3.91. The predicted octanol–water partition coefficient (Wildman–Crippen LogP) is 0.343. The molecule has 0 atom stereocenters. The number of hydrogen-bond acceptors (Lipinski definition) is 3. The summed E-state index contributed by atoms with van der Waals surface area (Å²) in [6.45, 7) is 6.93. The molecule has 0 saturated carbocycles. The van der Waals surface area contributed by atoms with E-state index in [9.17, 15) is 5.11 Å². The van der Waals surface area contributed by atoms with Crippen LogP contribution in [0.4, 0.5) is 0 Å². The van der Waals surface area contributed by atoms with Gasteiger partial charge in [0, 0.05) is 13.1 Å². The van der Waals surface area contributed by atoms with Crippen molar-refractivity contribution in [2.75, 3.05) is 13.1 Å². The molecule has 0 aliphatic heterocycles. The third-order valence-electron chi connectivity index (χ3n) is 1.10. The molecule has 0 aromatic carbocycles. The van der Waals surface area contributed by atoms with Gasteiger partial charge in [-0.1, -0.05) is 6.92 Å². The van der Waals surface area contributed by atoms with Gasteiger partial charge in [-0.05, 0) is 20.3 Å². The zero-order valence-electron chi connectivity index (χ0n) is 7.09. The molecule has 62 valence electrons. The van der Waals surface area contributed by atoms with Crippen LogP contribution in [-0.2, 0) is 0 Å². The molecule has 0 spiro atoms. The van der Waals surface area contributed by atoms with Crippen molar-refractivity contribution >= 4 is 0 Å². The summed E-state index contributed by atoms with van der Waals surface area (Å²) in [4.78, 5) is 0. The molecule has 0 amide bonds. The molecule has 0 bridgehead atoms. The highest BCUT2D eigenvalue weighted by Crippen LogP contribution is 2.01. The monoisotopic (exact) mass is 146 g/mol. The smallest absolute Gasteiger partial charge is 0.0732 e. The van der Waals surface area contributed by atoms with Gasteiger partial charge < -0.3 is 5.11 Å². The summed E-state index contributed by atoms with van der Waals surface area (Å²) in [5.41, 5.74) is -0.677. The van der Waals surface area contributed by atoms with E-state index in [2.05, 4.69) is 6.92 Å². The highest BCUT2D eigenvalue weighted by atomic mass is 16.3. The van der Waals surface area contributed by atoms with E-state index >= 15 is 0 Å². The Bertz CT molecular complexity index is 88.1.